The van der Waals surface area contributed by atoms with Crippen LogP contribution in [-0.4, -0.2) is 69.7 Å². The molecule has 3 fully saturated rings. The number of anilines is 2. The molecule has 9 heteroatoms. The minimum absolute atomic E-state index is 0.236. The molecule has 5 heterocycles. The number of benzene rings is 1. The SMILES string of the molecule is COc1cc(OC)c(Cl)c(-c2cc3cnc(N[C@@H]4COCC[C@@H]4C)cc3c(N3CC4(CCOCC4)C3)n2)c1C. The van der Waals surface area contributed by atoms with Gasteiger partial charge in [-0.15, -0.1) is 0 Å². The van der Waals surface area contributed by atoms with E-state index in [1.807, 2.05) is 19.2 Å². The van der Waals surface area contributed by atoms with Crippen LogP contribution in [0.5, 0.6) is 11.5 Å². The van der Waals surface area contributed by atoms with Crippen LogP contribution in [0.15, 0.2) is 24.4 Å². The lowest BCUT2D eigenvalue weighted by Gasteiger charge is -2.53. The molecule has 0 radical (unpaired) electrons. The van der Waals surface area contributed by atoms with Crippen molar-refractivity contribution in [1.82, 2.24) is 9.97 Å². The van der Waals surface area contributed by atoms with Crippen molar-refractivity contribution in [3.8, 4) is 22.8 Å². The molecule has 0 bridgehead atoms. The summed E-state index contributed by atoms with van der Waals surface area (Å²) in [4.78, 5) is 12.5. The van der Waals surface area contributed by atoms with Crippen LogP contribution in [0.25, 0.3) is 22.0 Å². The zero-order chi connectivity index (χ0) is 27.1. The Morgan fingerprint density at radius 1 is 1.05 bits per heavy atom. The Morgan fingerprint density at radius 3 is 2.54 bits per heavy atom. The van der Waals surface area contributed by atoms with Gasteiger partial charge in [-0.1, -0.05) is 18.5 Å². The quantitative estimate of drug-likeness (QED) is 0.415. The smallest absolute Gasteiger partial charge is 0.141 e. The van der Waals surface area contributed by atoms with Crippen LogP contribution >= 0.6 is 11.6 Å². The van der Waals surface area contributed by atoms with Gasteiger partial charge in [-0.25, -0.2) is 9.97 Å². The van der Waals surface area contributed by atoms with Crippen LogP contribution in [0.4, 0.5) is 11.6 Å². The summed E-state index contributed by atoms with van der Waals surface area (Å²) in [6.07, 6.45) is 5.16. The number of ether oxygens (including phenoxy) is 4. The molecule has 8 nitrogen and oxygen atoms in total. The van der Waals surface area contributed by atoms with Gasteiger partial charge in [-0.3, -0.25) is 0 Å². The van der Waals surface area contributed by atoms with E-state index in [1.165, 1.54) is 0 Å². The Balaban J connectivity index is 1.45. The summed E-state index contributed by atoms with van der Waals surface area (Å²) >= 11 is 6.89. The standard InChI is InChI=1S/C30H37ClN4O4/c1-18-5-8-39-15-23(18)33-26-12-21-20(14-32-26)11-22(27-19(2)24(36-3)13-25(37-4)28(27)31)34-29(21)35-16-30(17-35)6-9-38-10-7-30/h11-14,18,23H,5-10,15-17H2,1-4H3,(H,32,33)/t18-,23+/m0/s1. The zero-order valence-electron chi connectivity index (χ0n) is 23.2. The Hall–Kier alpha value is -2.81. The molecule has 2 atom stereocenters. The maximum atomic E-state index is 6.89. The molecule has 0 unspecified atom stereocenters. The van der Waals surface area contributed by atoms with E-state index in [2.05, 4.69) is 29.3 Å². The molecule has 6 rings (SSSR count). The number of nitrogens with one attached hydrogen (secondary N) is 1. The number of fused-ring (bicyclic) bond motifs is 1. The number of hydrogen-bond acceptors (Lipinski definition) is 8. The molecular formula is C30H37ClN4O4. The van der Waals surface area contributed by atoms with E-state index in [0.717, 1.165) is 91.4 Å². The van der Waals surface area contributed by atoms with Gasteiger partial charge in [0.2, 0.25) is 0 Å². The Labute approximate surface area is 234 Å². The normalized spacial score (nSPS) is 22.5. The summed E-state index contributed by atoms with van der Waals surface area (Å²) in [7, 11) is 3.27. The van der Waals surface area contributed by atoms with E-state index in [1.54, 1.807) is 14.2 Å². The molecule has 208 valence electrons. The van der Waals surface area contributed by atoms with Crippen LogP contribution in [0, 0.1) is 18.3 Å². The molecule has 0 amide bonds. The number of pyridine rings is 2. The van der Waals surface area contributed by atoms with E-state index in [0.29, 0.717) is 34.5 Å². The number of methoxy groups -OCH3 is 2. The predicted octanol–water partition coefficient (Wildman–Crippen LogP) is 5.73. The maximum Gasteiger partial charge on any atom is 0.141 e. The fourth-order valence-corrected chi connectivity index (χ4v) is 6.57. The molecule has 3 aliphatic heterocycles. The van der Waals surface area contributed by atoms with Gasteiger partial charge in [0.15, 0.2) is 0 Å². The van der Waals surface area contributed by atoms with E-state index in [-0.39, 0.29) is 6.04 Å². The fourth-order valence-electron chi connectivity index (χ4n) is 6.20. The Bertz CT molecular complexity index is 1340. The average molecular weight is 553 g/mol. The monoisotopic (exact) mass is 552 g/mol. The highest BCUT2D eigenvalue weighted by Gasteiger charge is 2.45. The third-order valence-electron chi connectivity index (χ3n) is 8.77. The summed E-state index contributed by atoms with van der Waals surface area (Å²) in [6, 6.07) is 6.26. The van der Waals surface area contributed by atoms with Crippen molar-refractivity contribution in [2.45, 2.75) is 39.2 Å². The second-order valence-corrected chi connectivity index (χ2v) is 11.7. The lowest BCUT2D eigenvalue weighted by atomic mass is 9.73. The van der Waals surface area contributed by atoms with Gasteiger partial charge in [-0.05, 0) is 44.2 Å². The highest BCUT2D eigenvalue weighted by atomic mass is 35.5. The Kier molecular flexibility index (Phi) is 7.20. The van der Waals surface area contributed by atoms with Crippen LogP contribution < -0.4 is 19.7 Å². The number of aromatic nitrogens is 2. The summed E-state index contributed by atoms with van der Waals surface area (Å²) in [5, 5.41) is 6.23. The van der Waals surface area contributed by atoms with Gasteiger partial charge in [0.25, 0.3) is 0 Å². The maximum absolute atomic E-state index is 6.89. The minimum Gasteiger partial charge on any atom is -0.496 e. The first-order chi connectivity index (χ1) is 18.9. The second kappa shape index (κ2) is 10.6. The van der Waals surface area contributed by atoms with E-state index in [9.17, 15) is 0 Å². The molecule has 0 aliphatic carbocycles. The van der Waals surface area contributed by atoms with Gasteiger partial charge >= 0.3 is 0 Å². The van der Waals surface area contributed by atoms with Crippen LogP contribution in [0.2, 0.25) is 5.02 Å². The van der Waals surface area contributed by atoms with Gasteiger partial charge in [-0.2, -0.15) is 0 Å². The molecule has 1 N–H and O–H groups in total. The van der Waals surface area contributed by atoms with Gasteiger partial charge in [0.1, 0.15) is 23.1 Å². The lowest BCUT2D eigenvalue weighted by Crippen LogP contribution is -2.58. The largest absolute Gasteiger partial charge is 0.496 e. The third kappa shape index (κ3) is 4.87. The van der Waals surface area contributed by atoms with Gasteiger partial charge in [0.05, 0.1) is 37.6 Å². The molecule has 3 saturated heterocycles. The summed E-state index contributed by atoms with van der Waals surface area (Å²) in [6.45, 7) is 9.38. The molecule has 39 heavy (non-hydrogen) atoms. The highest BCUT2D eigenvalue weighted by Crippen LogP contribution is 2.47. The first kappa shape index (κ1) is 26.4. The molecule has 1 aromatic carbocycles. The minimum atomic E-state index is 0.236. The van der Waals surface area contributed by atoms with Crippen molar-refractivity contribution < 1.29 is 18.9 Å². The van der Waals surface area contributed by atoms with Gasteiger partial charge < -0.3 is 29.2 Å². The van der Waals surface area contributed by atoms with Crippen molar-refractivity contribution in [3.05, 3.63) is 35.0 Å². The molecule has 2 aromatic heterocycles. The molecule has 1 spiro atoms. The van der Waals surface area contributed by atoms with Crippen molar-refractivity contribution in [3.63, 3.8) is 0 Å². The molecule has 3 aliphatic rings. The molecule has 3 aromatic rings. The zero-order valence-corrected chi connectivity index (χ0v) is 23.9. The second-order valence-electron chi connectivity index (χ2n) is 11.3. The summed E-state index contributed by atoms with van der Waals surface area (Å²) in [5.41, 5.74) is 2.82. The first-order valence-electron chi connectivity index (χ1n) is 13.8. The lowest BCUT2D eigenvalue weighted by molar-refractivity contribution is -0.000348. The third-order valence-corrected chi connectivity index (χ3v) is 9.15. The number of hydrogen-bond donors (Lipinski definition) is 1. The molecular weight excluding hydrogens is 516 g/mol. The Morgan fingerprint density at radius 2 is 1.82 bits per heavy atom. The summed E-state index contributed by atoms with van der Waals surface area (Å²) < 4.78 is 22.6. The number of nitrogens with zero attached hydrogens (tertiary/aromatic N) is 3. The molecule has 0 saturated carbocycles. The van der Waals surface area contributed by atoms with E-state index < -0.39 is 0 Å². The predicted molar refractivity (Wildman–Crippen MR) is 155 cm³/mol. The van der Waals surface area contributed by atoms with Crippen molar-refractivity contribution in [2.75, 3.05) is 64.0 Å². The van der Waals surface area contributed by atoms with Crippen molar-refractivity contribution in [1.29, 1.82) is 0 Å². The van der Waals surface area contributed by atoms with Crippen LogP contribution in [0.3, 0.4) is 0 Å². The van der Waals surface area contributed by atoms with Crippen LogP contribution in [-0.2, 0) is 9.47 Å². The first-order valence-corrected chi connectivity index (χ1v) is 14.2. The number of halogens is 1. The average Bonchev–Trinajstić information content (AvgIpc) is 2.93. The van der Waals surface area contributed by atoms with Crippen molar-refractivity contribution in [2.24, 2.45) is 11.3 Å². The van der Waals surface area contributed by atoms with Crippen LogP contribution in [0.1, 0.15) is 31.7 Å². The fraction of sp³-hybridized carbons (Fsp3) is 0.533. The van der Waals surface area contributed by atoms with E-state index >= 15 is 0 Å². The van der Waals surface area contributed by atoms with Crippen molar-refractivity contribution >= 4 is 34.0 Å². The number of rotatable bonds is 6. The van der Waals surface area contributed by atoms with Gasteiger partial charge in [0, 0.05) is 72.5 Å². The highest BCUT2D eigenvalue weighted by molar-refractivity contribution is 6.35. The summed E-state index contributed by atoms with van der Waals surface area (Å²) in [5.74, 6) is 3.59. The topological polar surface area (TPSA) is 78.0 Å². The van der Waals surface area contributed by atoms with E-state index in [4.69, 9.17) is 40.5 Å².